The molecule has 230 valence electrons. The van der Waals surface area contributed by atoms with Gasteiger partial charge in [-0.2, -0.15) is 0 Å². The number of anilines is 1. The van der Waals surface area contributed by atoms with Crippen LogP contribution in [0.1, 0.15) is 61.3 Å². The highest BCUT2D eigenvalue weighted by molar-refractivity contribution is 7.92. The van der Waals surface area contributed by atoms with Gasteiger partial charge in [-0.15, -0.1) is 0 Å². The highest BCUT2D eigenvalue weighted by atomic mass is 35.5. The SMILES string of the molecule is Cc1ccc(S(=O)(=O)N(CC(=O)N(Cc2c(Cl)cccc2Cl)C(C)C(=O)NC2CCCCC2)c2ccc(C)cc2C)cc1. The van der Waals surface area contributed by atoms with Crippen molar-refractivity contribution in [3.05, 3.63) is 93.0 Å². The first-order chi connectivity index (χ1) is 20.4. The zero-order valence-electron chi connectivity index (χ0n) is 25.1. The molecule has 1 aliphatic rings. The van der Waals surface area contributed by atoms with Crippen molar-refractivity contribution in [2.45, 2.75) is 83.3 Å². The van der Waals surface area contributed by atoms with Gasteiger partial charge in [-0.3, -0.25) is 13.9 Å². The van der Waals surface area contributed by atoms with E-state index >= 15 is 0 Å². The van der Waals surface area contributed by atoms with Crippen LogP contribution in [0.25, 0.3) is 0 Å². The van der Waals surface area contributed by atoms with Crippen molar-refractivity contribution >= 4 is 50.7 Å². The standard InChI is InChI=1S/C33H39Cl2N3O4S/c1-22-13-16-27(17-14-22)43(41,42)38(31-18-15-23(2)19-24(31)3)21-32(39)37(20-28-29(34)11-8-12-30(28)35)25(4)33(40)36-26-9-6-5-7-10-26/h8,11-19,25-26H,5-7,9-10,20-21H2,1-4H3,(H,36,40). The molecule has 43 heavy (non-hydrogen) atoms. The number of aryl methyl sites for hydroxylation is 3. The van der Waals surface area contributed by atoms with Gasteiger partial charge < -0.3 is 10.2 Å². The van der Waals surface area contributed by atoms with Crippen molar-refractivity contribution < 1.29 is 18.0 Å². The summed E-state index contributed by atoms with van der Waals surface area (Å²) in [7, 11) is -4.16. The zero-order valence-corrected chi connectivity index (χ0v) is 27.4. The van der Waals surface area contributed by atoms with Gasteiger partial charge in [0.15, 0.2) is 0 Å². The van der Waals surface area contributed by atoms with Gasteiger partial charge in [0.2, 0.25) is 11.8 Å². The predicted octanol–water partition coefficient (Wildman–Crippen LogP) is 6.98. The molecule has 4 rings (SSSR count). The Balaban J connectivity index is 1.73. The first-order valence-corrected chi connectivity index (χ1v) is 16.8. The van der Waals surface area contributed by atoms with E-state index in [1.54, 1.807) is 43.3 Å². The summed E-state index contributed by atoms with van der Waals surface area (Å²) in [6.45, 7) is 6.66. The summed E-state index contributed by atoms with van der Waals surface area (Å²) in [5, 5.41) is 3.80. The maximum Gasteiger partial charge on any atom is 0.264 e. The Morgan fingerprint density at radius 3 is 2.12 bits per heavy atom. The molecule has 10 heteroatoms. The van der Waals surface area contributed by atoms with E-state index in [4.69, 9.17) is 23.2 Å². The number of rotatable bonds is 10. The zero-order chi connectivity index (χ0) is 31.3. The number of hydrogen-bond donors (Lipinski definition) is 1. The van der Waals surface area contributed by atoms with Gasteiger partial charge in [0.1, 0.15) is 12.6 Å². The smallest absolute Gasteiger partial charge is 0.264 e. The van der Waals surface area contributed by atoms with Crippen LogP contribution in [0.5, 0.6) is 0 Å². The second-order valence-electron chi connectivity index (χ2n) is 11.4. The van der Waals surface area contributed by atoms with Crippen molar-refractivity contribution in [2.75, 3.05) is 10.8 Å². The van der Waals surface area contributed by atoms with Gasteiger partial charge in [0.05, 0.1) is 10.6 Å². The van der Waals surface area contributed by atoms with E-state index < -0.39 is 28.5 Å². The van der Waals surface area contributed by atoms with Crippen molar-refractivity contribution in [3.63, 3.8) is 0 Å². The van der Waals surface area contributed by atoms with E-state index in [2.05, 4.69) is 5.32 Å². The first-order valence-electron chi connectivity index (χ1n) is 14.6. The summed E-state index contributed by atoms with van der Waals surface area (Å²) >= 11 is 13.0. The fraction of sp³-hybridized carbons (Fsp3) is 0.394. The first kappa shape index (κ1) is 32.8. The Bertz CT molecular complexity index is 1550. The maximum atomic E-state index is 14.3. The number of hydrogen-bond acceptors (Lipinski definition) is 4. The summed E-state index contributed by atoms with van der Waals surface area (Å²) in [5.74, 6) is -0.860. The summed E-state index contributed by atoms with van der Waals surface area (Å²) in [5.41, 5.74) is 3.44. The molecule has 0 heterocycles. The summed E-state index contributed by atoms with van der Waals surface area (Å²) in [4.78, 5) is 29.2. The van der Waals surface area contributed by atoms with Crippen molar-refractivity contribution in [1.29, 1.82) is 0 Å². The monoisotopic (exact) mass is 643 g/mol. The average molecular weight is 645 g/mol. The number of sulfonamides is 1. The largest absolute Gasteiger partial charge is 0.352 e. The fourth-order valence-corrected chi connectivity index (χ4v) is 7.44. The number of carbonyl (C=O) groups excluding carboxylic acids is 2. The van der Waals surface area contributed by atoms with Crippen LogP contribution in [0, 0.1) is 20.8 Å². The van der Waals surface area contributed by atoms with Crippen LogP contribution in [0.3, 0.4) is 0 Å². The fourth-order valence-electron chi connectivity index (χ4n) is 5.44. The Kier molecular flexibility index (Phi) is 10.8. The maximum absolute atomic E-state index is 14.3. The molecule has 3 aromatic rings. The third-order valence-corrected chi connectivity index (χ3v) is 10.5. The molecule has 1 fully saturated rings. The topological polar surface area (TPSA) is 86.8 Å². The van der Waals surface area contributed by atoms with Gasteiger partial charge in [0.25, 0.3) is 10.0 Å². The molecule has 1 saturated carbocycles. The van der Waals surface area contributed by atoms with Gasteiger partial charge in [0, 0.05) is 28.2 Å². The normalized spacial score (nSPS) is 14.7. The van der Waals surface area contributed by atoms with Gasteiger partial charge in [-0.05, 0) is 76.4 Å². The number of benzene rings is 3. The van der Waals surface area contributed by atoms with Crippen LogP contribution in [0.15, 0.2) is 65.6 Å². The third kappa shape index (κ3) is 7.91. The molecule has 1 aliphatic carbocycles. The lowest BCUT2D eigenvalue weighted by atomic mass is 9.95. The lowest BCUT2D eigenvalue weighted by Gasteiger charge is -2.34. The molecule has 0 saturated heterocycles. The van der Waals surface area contributed by atoms with E-state index in [-0.39, 0.29) is 23.4 Å². The van der Waals surface area contributed by atoms with Crippen LogP contribution in [-0.2, 0) is 26.2 Å². The quantitative estimate of drug-likeness (QED) is 0.258. The van der Waals surface area contributed by atoms with E-state index in [1.807, 2.05) is 32.9 Å². The van der Waals surface area contributed by atoms with Crippen LogP contribution < -0.4 is 9.62 Å². The molecule has 1 atom stereocenters. The third-order valence-electron chi connectivity index (χ3n) is 8.02. The highest BCUT2D eigenvalue weighted by Gasteiger charge is 2.34. The molecule has 3 aromatic carbocycles. The Morgan fingerprint density at radius 1 is 0.907 bits per heavy atom. The van der Waals surface area contributed by atoms with Crippen molar-refractivity contribution in [3.8, 4) is 0 Å². The van der Waals surface area contributed by atoms with E-state index in [9.17, 15) is 18.0 Å². The molecule has 0 aliphatic heterocycles. The van der Waals surface area contributed by atoms with Crippen LogP contribution >= 0.6 is 23.2 Å². The van der Waals surface area contributed by atoms with Gasteiger partial charge in [-0.25, -0.2) is 8.42 Å². The molecule has 7 nitrogen and oxygen atoms in total. The van der Waals surface area contributed by atoms with Gasteiger partial charge >= 0.3 is 0 Å². The average Bonchev–Trinajstić information content (AvgIpc) is 2.96. The second kappa shape index (κ2) is 14.1. The van der Waals surface area contributed by atoms with Crippen molar-refractivity contribution in [1.82, 2.24) is 10.2 Å². The minimum atomic E-state index is -4.16. The second-order valence-corrected chi connectivity index (χ2v) is 14.0. The molecule has 0 radical (unpaired) electrons. The molecule has 0 bridgehead atoms. The van der Waals surface area contributed by atoms with Crippen LogP contribution in [0.4, 0.5) is 5.69 Å². The van der Waals surface area contributed by atoms with E-state index in [1.165, 1.54) is 17.0 Å². The van der Waals surface area contributed by atoms with Crippen LogP contribution in [-0.4, -0.2) is 43.8 Å². The molecular weight excluding hydrogens is 605 g/mol. The minimum Gasteiger partial charge on any atom is -0.352 e. The minimum absolute atomic E-state index is 0.0400. The van der Waals surface area contributed by atoms with Crippen LogP contribution in [0.2, 0.25) is 10.0 Å². The molecule has 2 amide bonds. The summed E-state index contributed by atoms with van der Waals surface area (Å²) in [6.07, 6.45) is 5.00. The molecule has 0 spiro atoms. The Labute approximate surface area is 265 Å². The number of amides is 2. The number of nitrogens with zero attached hydrogens (tertiary/aromatic N) is 2. The number of carbonyl (C=O) groups is 2. The molecule has 0 aromatic heterocycles. The number of nitrogens with one attached hydrogen (secondary N) is 1. The molecule has 1 N–H and O–H groups in total. The predicted molar refractivity (Wildman–Crippen MR) is 173 cm³/mol. The van der Waals surface area contributed by atoms with E-state index in [0.29, 0.717) is 26.9 Å². The van der Waals surface area contributed by atoms with Gasteiger partial charge in [-0.1, -0.05) is 83.9 Å². The number of halogens is 2. The lowest BCUT2D eigenvalue weighted by Crippen LogP contribution is -2.53. The summed E-state index contributed by atoms with van der Waals surface area (Å²) < 4.78 is 29.3. The Morgan fingerprint density at radius 2 is 1.51 bits per heavy atom. The lowest BCUT2D eigenvalue weighted by molar-refractivity contribution is -0.139. The highest BCUT2D eigenvalue weighted by Crippen LogP contribution is 2.30. The molecule has 1 unspecified atom stereocenters. The summed E-state index contributed by atoms with van der Waals surface area (Å²) in [6, 6.07) is 16.1. The van der Waals surface area contributed by atoms with E-state index in [0.717, 1.165) is 47.5 Å². The Hall–Kier alpha value is -3.07. The molecular formula is C33H39Cl2N3O4S. The van der Waals surface area contributed by atoms with Crippen molar-refractivity contribution in [2.24, 2.45) is 0 Å².